The average Bonchev–Trinajstić information content (AvgIpc) is 2.72. The molecule has 5 atom stereocenters. The van der Waals surface area contributed by atoms with Crippen LogP contribution in [0.1, 0.15) is 53.4 Å². The first-order valence-corrected chi connectivity index (χ1v) is 10.7. The minimum Gasteiger partial charge on any atom is -0.480 e. The maximum atomic E-state index is 12.9. The second-order valence-corrected chi connectivity index (χ2v) is 8.08. The summed E-state index contributed by atoms with van der Waals surface area (Å²) in [7, 11) is 0. The first-order valence-electron chi connectivity index (χ1n) is 10.7. The number of nitrogens with one attached hydrogen (secondary N) is 3. The van der Waals surface area contributed by atoms with Crippen molar-refractivity contribution in [3.05, 3.63) is 0 Å². The molecule has 0 spiro atoms. The molecule has 0 rings (SSSR count). The third-order valence-corrected chi connectivity index (χ3v) is 5.14. The van der Waals surface area contributed by atoms with Gasteiger partial charge in [0.2, 0.25) is 17.7 Å². The summed E-state index contributed by atoms with van der Waals surface area (Å²) in [6.07, 6.45) is 1.99. The molecule has 180 valence electrons. The van der Waals surface area contributed by atoms with Crippen molar-refractivity contribution in [1.82, 2.24) is 16.0 Å². The van der Waals surface area contributed by atoms with Crippen LogP contribution in [-0.4, -0.2) is 71.2 Å². The highest BCUT2D eigenvalue weighted by Crippen LogP contribution is 2.11. The minimum absolute atomic E-state index is 0.260. The normalized spacial score (nSPS) is 16.0. The fraction of sp³-hybridized carbons (Fsp3) is 0.800. The second kappa shape index (κ2) is 14.7. The lowest BCUT2D eigenvalue weighted by molar-refractivity contribution is -0.143. The molecular weight excluding hydrogens is 406 g/mol. The minimum atomic E-state index is -1.18. The van der Waals surface area contributed by atoms with Gasteiger partial charge in [0, 0.05) is 0 Å². The molecule has 0 fully saturated rings. The van der Waals surface area contributed by atoms with E-state index >= 15 is 0 Å². The first-order chi connectivity index (χ1) is 14.5. The van der Waals surface area contributed by atoms with Gasteiger partial charge in [-0.15, -0.1) is 0 Å². The van der Waals surface area contributed by atoms with Crippen LogP contribution in [-0.2, 0) is 19.2 Å². The number of aliphatic hydroxyl groups is 1. The molecule has 0 aliphatic carbocycles. The van der Waals surface area contributed by atoms with E-state index in [0.29, 0.717) is 25.8 Å². The van der Waals surface area contributed by atoms with Crippen LogP contribution in [0.5, 0.6) is 0 Å². The summed E-state index contributed by atoms with van der Waals surface area (Å²) < 4.78 is 0. The number of aliphatic carboxylic acids is 1. The maximum absolute atomic E-state index is 12.9. The lowest BCUT2D eigenvalue weighted by Gasteiger charge is -2.28. The van der Waals surface area contributed by atoms with Crippen LogP contribution in [0.4, 0.5) is 0 Å². The Morgan fingerprint density at radius 3 is 1.94 bits per heavy atom. The van der Waals surface area contributed by atoms with Crippen LogP contribution >= 0.6 is 0 Å². The van der Waals surface area contributed by atoms with Gasteiger partial charge in [0.05, 0.1) is 6.61 Å². The Morgan fingerprint density at radius 2 is 1.48 bits per heavy atom. The number of carbonyl (C=O) groups excluding carboxylic acids is 3. The highest BCUT2D eigenvalue weighted by Gasteiger charge is 2.32. The molecule has 0 saturated heterocycles. The van der Waals surface area contributed by atoms with Gasteiger partial charge >= 0.3 is 5.97 Å². The molecule has 0 radical (unpaired) electrons. The topological polar surface area (TPSA) is 197 Å². The van der Waals surface area contributed by atoms with Gasteiger partial charge in [-0.25, -0.2) is 4.79 Å². The Balaban J connectivity index is 5.51. The molecule has 11 heteroatoms. The number of unbranched alkanes of at least 4 members (excludes halogenated alkanes) is 1. The predicted octanol–water partition coefficient (Wildman–Crippen LogP) is -1.32. The smallest absolute Gasteiger partial charge is 0.326 e. The van der Waals surface area contributed by atoms with Gasteiger partial charge in [0.15, 0.2) is 0 Å². The fourth-order valence-electron chi connectivity index (χ4n) is 2.84. The Kier molecular flexibility index (Phi) is 13.6. The third kappa shape index (κ3) is 10.1. The summed E-state index contributed by atoms with van der Waals surface area (Å²) in [5.41, 5.74) is 11.0. The summed E-state index contributed by atoms with van der Waals surface area (Å²) in [4.78, 5) is 49.2. The molecule has 0 aromatic heterocycles. The van der Waals surface area contributed by atoms with E-state index in [0.717, 1.165) is 0 Å². The number of carbonyl (C=O) groups is 4. The van der Waals surface area contributed by atoms with Crippen LogP contribution < -0.4 is 27.4 Å². The molecule has 0 aromatic rings. The van der Waals surface area contributed by atoms with Crippen LogP contribution in [0.15, 0.2) is 0 Å². The van der Waals surface area contributed by atoms with Crippen molar-refractivity contribution in [2.24, 2.45) is 23.3 Å². The van der Waals surface area contributed by atoms with Crippen molar-refractivity contribution >= 4 is 23.7 Å². The van der Waals surface area contributed by atoms with E-state index in [9.17, 15) is 24.3 Å². The highest BCUT2D eigenvalue weighted by atomic mass is 16.4. The van der Waals surface area contributed by atoms with Crippen molar-refractivity contribution in [3.8, 4) is 0 Å². The van der Waals surface area contributed by atoms with E-state index < -0.39 is 54.5 Å². The standard InChI is InChI=1S/C20H39N5O6/c1-5-12(4)16(25-17(27)13(22)10-26)19(29)23-14(8-6-7-9-21)18(28)24-15(11(2)3)20(30)31/h11-16,26H,5-10,21-22H2,1-4H3,(H,23,29)(H,24,28)(H,25,27)(H,30,31). The summed E-state index contributed by atoms with van der Waals surface area (Å²) in [6, 6.07) is -4.24. The first kappa shape index (κ1) is 28.8. The van der Waals surface area contributed by atoms with Gasteiger partial charge in [-0.2, -0.15) is 0 Å². The lowest BCUT2D eigenvalue weighted by atomic mass is 9.97. The number of hydrogen-bond donors (Lipinski definition) is 7. The summed E-state index contributed by atoms with van der Waals surface area (Å²) in [5.74, 6) is -3.68. The number of amides is 3. The molecule has 0 saturated carbocycles. The molecule has 3 amide bonds. The highest BCUT2D eigenvalue weighted by molar-refractivity contribution is 5.94. The fourth-order valence-corrected chi connectivity index (χ4v) is 2.84. The molecule has 5 unspecified atom stereocenters. The number of aliphatic hydroxyl groups excluding tert-OH is 1. The van der Waals surface area contributed by atoms with E-state index in [4.69, 9.17) is 16.6 Å². The Labute approximate surface area is 183 Å². The van der Waals surface area contributed by atoms with Crippen molar-refractivity contribution in [2.45, 2.75) is 77.5 Å². The summed E-state index contributed by atoms with van der Waals surface area (Å²) in [6.45, 7) is 6.78. The molecule has 0 aromatic carbocycles. The number of rotatable bonds is 15. The molecule has 9 N–H and O–H groups in total. The molecule has 11 nitrogen and oxygen atoms in total. The quantitative estimate of drug-likeness (QED) is 0.150. The number of carboxylic acid groups (broad SMARTS) is 1. The second-order valence-electron chi connectivity index (χ2n) is 8.08. The summed E-state index contributed by atoms with van der Waals surface area (Å²) in [5, 5.41) is 26.0. The Hall–Kier alpha value is -2.24. The van der Waals surface area contributed by atoms with Crippen molar-refractivity contribution in [2.75, 3.05) is 13.2 Å². The Morgan fingerprint density at radius 1 is 0.903 bits per heavy atom. The zero-order valence-corrected chi connectivity index (χ0v) is 18.9. The molecule has 0 heterocycles. The van der Waals surface area contributed by atoms with Crippen molar-refractivity contribution in [3.63, 3.8) is 0 Å². The van der Waals surface area contributed by atoms with Crippen LogP contribution in [0.25, 0.3) is 0 Å². The zero-order valence-electron chi connectivity index (χ0n) is 18.9. The van der Waals surface area contributed by atoms with Crippen molar-refractivity contribution < 1.29 is 29.4 Å². The van der Waals surface area contributed by atoms with E-state index in [1.54, 1.807) is 20.8 Å². The van der Waals surface area contributed by atoms with Gasteiger partial charge in [0.1, 0.15) is 24.2 Å². The monoisotopic (exact) mass is 445 g/mol. The van der Waals surface area contributed by atoms with E-state index in [1.165, 1.54) is 0 Å². The maximum Gasteiger partial charge on any atom is 0.326 e. The largest absolute Gasteiger partial charge is 0.480 e. The van der Waals surface area contributed by atoms with Gasteiger partial charge in [-0.05, 0) is 37.6 Å². The number of carboxylic acids is 1. The van der Waals surface area contributed by atoms with Gasteiger partial charge in [-0.3, -0.25) is 14.4 Å². The van der Waals surface area contributed by atoms with Gasteiger partial charge in [-0.1, -0.05) is 34.1 Å². The molecule has 31 heavy (non-hydrogen) atoms. The predicted molar refractivity (Wildman–Crippen MR) is 116 cm³/mol. The zero-order chi connectivity index (χ0) is 24.1. The van der Waals surface area contributed by atoms with Crippen LogP contribution in [0, 0.1) is 11.8 Å². The van der Waals surface area contributed by atoms with E-state index in [1.807, 2.05) is 6.92 Å². The molecule has 0 bridgehead atoms. The number of hydrogen-bond acceptors (Lipinski definition) is 7. The number of nitrogens with two attached hydrogens (primary N) is 2. The third-order valence-electron chi connectivity index (χ3n) is 5.14. The van der Waals surface area contributed by atoms with Crippen LogP contribution in [0.3, 0.4) is 0 Å². The average molecular weight is 446 g/mol. The lowest BCUT2D eigenvalue weighted by Crippen LogP contribution is -2.59. The Bertz CT molecular complexity index is 601. The molecular formula is C20H39N5O6. The van der Waals surface area contributed by atoms with Gasteiger partial charge < -0.3 is 37.6 Å². The molecule has 0 aliphatic rings. The molecule has 0 aliphatic heterocycles. The summed E-state index contributed by atoms with van der Waals surface area (Å²) >= 11 is 0. The van der Waals surface area contributed by atoms with E-state index in [2.05, 4.69) is 16.0 Å². The van der Waals surface area contributed by atoms with Gasteiger partial charge in [0.25, 0.3) is 0 Å². The van der Waals surface area contributed by atoms with Crippen molar-refractivity contribution in [1.29, 1.82) is 0 Å². The van der Waals surface area contributed by atoms with Crippen LogP contribution in [0.2, 0.25) is 0 Å². The SMILES string of the molecule is CCC(C)C(NC(=O)C(N)CO)C(=O)NC(CCCCN)C(=O)NC(C(=O)O)C(C)C. The van der Waals surface area contributed by atoms with E-state index in [-0.39, 0.29) is 18.3 Å².